The van der Waals surface area contributed by atoms with Crippen molar-refractivity contribution >= 4 is 29.9 Å². The summed E-state index contributed by atoms with van der Waals surface area (Å²) < 4.78 is 5.50. The van der Waals surface area contributed by atoms with Crippen LogP contribution in [0.2, 0.25) is 0 Å². The zero-order chi connectivity index (χ0) is 18.1. The third kappa shape index (κ3) is 7.80. The fourth-order valence-corrected chi connectivity index (χ4v) is 3.27. The number of ether oxygens (including phenoxy) is 1. The first-order valence-corrected chi connectivity index (χ1v) is 9.41. The van der Waals surface area contributed by atoms with E-state index in [1.54, 1.807) is 0 Å². The molecule has 0 amide bonds. The van der Waals surface area contributed by atoms with Gasteiger partial charge in [-0.1, -0.05) is 38.1 Å². The van der Waals surface area contributed by atoms with Crippen LogP contribution < -0.4 is 10.6 Å². The standard InChI is InChI=1S/C20H34N4O.HI/c1-16(2)13-19(24-9-11-25-12-10-24)15-23-20(21-4)22-14-18-8-6-5-7-17(18)3;/h5-8,16,19H,9-15H2,1-4H3,(H2,21,22,23);1H. The molecule has 1 unspecified atom stereocenters. The molecule has 1 aromatic carbocycles. The van der Waals surface area contributed by atoms with Crippen molar-refractivity contribution in [1.82, 2.24) is 15.5 Å². The van der Waals surface area contributed by atoms with Crippen LogP contribution in [0.3, 0.4) is 0 Å². The van der Waals surface area contributed by atoms with Crippen LogP contribution in [0.5, 0.6) is 0 Å². The molecule has 5 nitrogen and oxygen atoms in total. The predicted molar refractivity (Wildman–Crippen MR) is 120 cm³/mol. The molecule has 1 heterocycles. The van der Waals surface area contributed by atoms with Crippen LogP contribution in [-0.2, 0) is 11.3 Å². The second kappa shape index (κ2) is 12.5. The fourth-order valence-electron chi connectivity index (χ4n) is 3.27. The Hall–Kier alpha value is -0.860. The van der Waals surface area contributed by atoms with Gasteiger partial charge in [0, 0.05) is 39.3 Å². The van der Waals surface area contributed by atoms with Crippen molar-refractivity contribution in [2.24, 2.45) is 10.9 Å². The molecule has 1 aliphatic heterocycles. The summed E-state index contributed by atoms with van der Waals surface area (Å²) in [4.78, 5) is 6.93. The Balaban J connectivity index is 0.00000338. The van der Waals surface area contributed by atoms with Crippen molar-refractivity contribution in [3.05, 3.63) is 35.4 Å². The summed E-state index contributed by atoms with van der Waals surface area (Å²) in [6, 6.07) is 8.97. The van der Waals surface area contributed by atoms with E-state index < -0.39 is 0 Å². The number of benzene rings is 1. The molecule has 1 saturated heterocycles. The van der Waals surface area contributed by atoms with Gasteiger partial charge in [0.05, 0.1) is 13.2 Å². The van der Waals surface area contributed by atoms with Gasteiger partial charge < -0.3 is 15.4 Å². The largest absolute Gasteiger partial charge is 0.379 e. The highest BCUT2D eigenvalue weighted by Gasteiger charge is 2.22. The van der Waals surface area contributed by atoms with Gasteiger partial charge in [0.25, 0.3) is 0 Å². The lowest BCUT2D eigenvalue weighted by atomic mass is 10.0. The number of nitrogens with one attached hydrogen (secondary N) is 2. The third-order valence-electron chi connectivity index (χ3n) is 4.74. The van der Waals surface area contributed by atoms with E-state index in [0.29, 0.717) is 12.0 Å². The number of hydrogen-bond acceptors (Lipinski definition) is 3. The van der Waals surface area contributed by atoms with E-state index in [1.807, 2.05) is 7.05 Å². The van der Waals surface area contributed by atoms with Crippen LogP contribution in [0.15, 0.2) is 29.3 Å². The highest BCUT2D eigenvalue weighted by Crippen LogP contribution is 2.13. The fraction of sp³-hybridized carbons (Fsp3) is 0.650. The number of guanidine groups is 1. The molecule has 0 spiro atoms. The lowest BCUT2D eigenvalue weighted by molar-refractivity contribution is 0.0132. The van der Waals surface area contributed by atoms with Gasteiger partial charge in [-0.2, -0.15) is 0 Å². The van der Waals surface area contributed by atoms with Gasteiger partial charge in [0.1, 0.15) is 0 Å². The van der Waals surface area contributed by atoms with Gasteiger partial charge in [0.15, 0.2) is 5.96 Å². The van der Waals surface area contributed by atoms with Crippen molar-refractivity contribution in [3.8, 4) is 0 Å². The van der Waals surface area contributed by atoms with Gasteiger partial charge in [-0.05, 0) is 30.4 Å². The average Bonchev–Trinajstić information content (AvgIpc) is 2.62. The van der Waals surface area contributed by atoms with Crippen molar-refractivity contribution in [3.63, 3.8) is 0 Å². The molecule has 1 atom stereocenters. The smallest absolute Gasteiger partial charge is 0.191 e. The molecule has 148 valence electrons. The molecule has 0 radical (unpaired) electrons. The van der Waals surface area contributed by atoms with Crippen LogP contribution in [0.25, 0.3) is 0 Å². The second-order valence-electron chi connectivity index (χ2n) is 7.16. The third-order valence-corrected chi connectivity index (χ3v) is 4.74. The highest BCUT2D eigenvalue weighted by atomic mass is 127. The maximum atomic E-state index is 5.50. The molecule has 0 bridgehead atoms. The first-order valence-electron chi connectivity index (χ1n) is 9.41. The highest BCUT2D eigenvalue weighted by molar-refractivity contribution is 14.0. The Bertz CT molecular complexity index is 544. The minimum absolute atomic E-state index is 0. The van der Waals surface area contributed by atoms with E-state index in [1.165, 1.54) is 17.5 Å². The Labute approximate surface area is 176 Å². The van der Waals surface area contributed by atoms with Crippen LogP contribution in [-0.4, -0.2) is 56.8 Å². The normalized spacial score (nSPS) is 16.9. The topological polar surface area (TPSA) is 48.9 Å². The Morgan fingerprint density at radius 3 is 2.50 bits per heavy atom. The number of rotatable bonds is 7. The van der Waals surface area contributed by atoms with E-state index in [4.69, 9.17) is 4.74 Å². The predicted octanol–water partition coefficient (Wildman–Crippen LogP) is 3.02. The minimum atomic E-state index is 0. The zero-order valence-electron chi connectivity index (χ0n) is 16.6. The Kier molecular flexibility index (Phi) is 11.2. The van der Waals surface area contributed by atoms with E-state index in [-0.39, 0.29) is 24.0 Å². The van der Waals surface area contributed by atoms with Crippen molar-refractivity contribution in [1.29, 1.82) is 0 Å². The summed E-state index contributed by atoms with van der Waals surface area (Å²) in [5.41, 5.74) is 2.61. The maximum absolute atomic E-state index is 5.50. The van der Waals surface area contributed by atoms with Gasteiger partial charge in [0.2, 0.25) is 0 Å². The van der Waals surface area contributed by atoms with Crippen LogP contribution >= 0.6 is 24.0 Å². The average molecular weight is 474 g/mol. The number of halogens is 1. The monoisotopic (exact) mass is 474 g/mol. The van der Waals surface area contributed by atoms with Crippen molar-refractivity contribution in [2.45, 2.75) is 39.8 Å². The van der Waals surface area contributed by atoms with E-state index >= 15 is 0 Å². The van der Waals surface area contributed by atoms with Crippen molar-refractivity contribution in [2.75, 3.05) is 39.9 Å². The van der Waals surface area contributed by atoms with E-state index in [9.17, 15) is 0 Å². The summed E-state index contributed by atoms with van der Waals surface area (Å²) in [5.74, 6) is 1.54. The van der Waals surface area contributed by atoms with Crippen LogP contribution in [0, 0.1) is 12.8 Å². The molecule has 1 aliphatic rings. The zero-order valence-corrected chi connectivity index (χ0v) is 19.0. The number of morpholine rings is 1. The number of aliphatic imine (C=N–C) groups is 1. The van der Waals surface area contributed by atoms with Crippen LogP contribution in [0.1, 0.15) is 31.4 Å². The minimum Gasteiger partial charge on any atom is -0.379 e. The molecule has 2 N–H and O–H groups in total. The second-order valence-corrected chi connectivity index (χ2v) is 7.16. The number of aryl methyl sites for hydroxylation is 1. The lowest BCUT2D eigenvalue weighted by Crippen LogP contribution is -2.51. The molecule has 1 aromatic rings. The first-order chi connectivity index (χ1) is 12.1. The summed E-state index contributed by atoms with van der Waals surface area (Å²) in [6.45, 7) is 12.2. The summed E-state index contributed by atoms with van der Waals surface area (Å²) >= 11 is 0. The Morgan fingerprint density at radius 2 is 1.88 bits per heavy atom. The molecule has 0 aliphatic carbocycles. The van der Waals surface area contributed by atoms with E-state index in [0.717, 1.165) is 45.4 Å². The summed E-state index contributed by atoms with van der Waals surface area (Å²) in [5, 5.41) is 6.95. The van der Waals surface area contributed by atoms with Gasteiger partial charge in [-0.15, -0.1) is 24.0 Å². The molecule has 1 fully saturated rings. The van der Waals surface area contributed by atoms with Crippen LogP contribution in [0.4, 0.5) is 0 Å². The summed E-state index contributed by atoms with van der Waals surface area (Å²) in [7, 11) is 1.83. The Morgan fingerprint density at radius 1 is 1.19 bits per heavy atom. The lowest BCUT2D eigenvalue weighted by Gasteiger charge is -2.35. The van der Waals surface area contributed by atoms with E-state index in [2.05, 4.69) is 65.6 Å². The molecular weight excluding hydrogens is 439 g/mol. The number of nitrogens with zero attached hydrogens (tertiary/aromatic N) is 2. The molecular formula is C20H35IN4O. The molecule has 2 rings (SSSR count). The van der Waals surface area contributed by atoms with Gasteiger partial charge >= 0.3 is 0 Å². The SMILES string of the molecule is CN=C(NCc1ccccc1C)NCC(CC(C)C)N1CCOCC1.I. The molecule has 26 heavy (non-hydrogen) atoms. The van der Waals surface area contributed by atoms with Crippen molar-refractivity contribution < 1.29 is 4.74 Å². The van der Waals surface area contributed by atoms with Gasteiger partial charge in [-0.3, -0.25) is 9.89 Å². The quantitative estimate of drug-likeness (QED) is 0.363. The maximum Gasteiger partial charge on any atom is 0.191 e. The molecule has 6 heteroatoms. The number of hydrogen-bond donors (Lipinski definition) is 2. The first kappa shape index (κ1) is 23.2. The summed E-state index contributed by atoms with van der Waals surface area (Å²) in [6.07, 6.45) is 1.18. The molecule has 0 aromatic heterocycles. The van der Waals surface area contributed by atoms with Gasteiger partial charge in [-0.25, -0.2) is 0 Å². The molecule has 0 saturated carbocycles.